The third-order valence-electron chi connectivity index (χ3n) is 3.52. The van der Waals surface area contributed by atoms with Crippen LogP contribution in [-0.2, 0) is 0 Å². The fourth-order valence-corrected chi connectivity index (χ4v) is 2.57. The lowest BCUT2D eigenvalue weighted by Crippen LogP contribution is -2.47. The van der Waals surface area contributed by atoms with Crippen LogP contribution in [0.15, 0.2) is 45.8 Å². The van der Waals surface area contributed by atoms with E-state index in [0.717, 1.165) is 25.1 Å². The van der Waals surface area contributed by atoms with Crippen molar-refractivity contribution in [1.29, 1.82) is 0 Å². The van der Waals surface area contributed by atoms with Crippen molar-refractivity contribution in [1.82, 2.24) is 10.0 Å². The van der Waals surface area contributed by atoms with Gasteiger partial charge in [0.15, 0.2) is 0 Å². The Morgan fingerprint density at radius 2 is 2.00 bits per heavy atom. The predicted molar refractivity (Wildman–Crippen MR) is 69.9 cm³/mol. The van der Waals surface area contributed by atoms with Gasteiger partial charge in [-0.15, -0.1) is 0 Å². The van der Waals surface area contributed by atoms with Gasteiger partial charge in [-0.1, -0.05) is 43.7 Å². The molecular weight excluding hydrogens is 226 g/mol. The molecule has 5 heteroatoms. The fourth-order valence-electron chi connectivity index (χ4n) is 2.57. The summed E-state index contributed by atoms with van der Waals surface area (Å²) in [6.45, 7) is 2.90. The van der Waals surface area contributed by atoms with Crippen LogP contribution >= 0.6 is 0 Å². The van der Waals surface area contributed by atoms with Crippen molar-refractivity contribution in [3.63, 3.8) is 0 Å². The maximum atomic E-state index is 4.90. The number of nitrogens with zero attached hydrogens (tertiary/aromatic N) is 5. The molecule has 1 unspecified atom stereocenters. The molecule has 1 aromatic rings. The standard InChI is InChI=1S/C13H17N5/c1-3-9-13-14-12(11-7-5-4-6-8-11)10-18(13)16-15-17(13)2/h4-8H,3,9-10H2,1-2H3. The minimum absolute atomic E-state index is 0.389. The number of benzene rings is 1. The number of fused-ring (bicyclic) bond motifs is 1. The summed E-state index contributed by atoms with van der Waals surface area (Å²) >= 11 is 0. The molecule has 0 aliphatic carbocycles. The van der Waals surface area contributed by atoms with Crippen LogP contribution in [0.4, 0.5) is 0 Å². The number of hydrogen-bond donors (Lipinski definition) is 0. The maximum Gasteiger partial charge on any atom is 0.242 e. The Labute approximate surface area is 107 Å². The van der Waals surface area contributed by atoms with Crippen LogP contribution in [0.1, 0.15) is 25.3 Å². The van der Waals surface area contributed by atoms with Crippen LogP contribution in [0.5, 0.6) is 0 Å². The fraction of sp³-hybridized carbons (Fsp3) is 0.462. The third-order valence-corrected chi connectivity index (χ3v) is 3.52. The first-order valence-electron chi connectivity index (χ1n) is 6.33. The van der Waals surface area contributed by atoms with Crippen LogP contribution in [0.3, 0.4) is 0 Å². The van der Waals surface area contributed by atoms with Gasteiger partial charge in [-0.3, -0.25) is 0 Å². The molecule has 0 saturated carbocycles. The van der Waals surface area contributed by atoms with E-state index in [2.05, 4.69) is 29.5 Å². The lowest BCUT2D eigenvalue weighted by molar-refractivity contribution is 0.0298. The van der Waals surface area contributed by atoms with Crippen LogP contribution in [0.25, 0.3) is 0 Å². The van der Waals surface area contributed by atoms with Gasteiger partial charge in [0.2, 0.25) is 5.79 Å². The smallest absolute Gasteiger partial charge is 0.236 e. The van der Waals surface area contributed by atoms with E-state index in [1.54, 1.807) is 0 Å². The summed E-state index contributed by atoms with van der Waals surface area (Å²) in [6, 6.07) is 10.3. The highest BCUT2D eigenvalue weighted by atomic mass is 15.9. The zero-order chi connectivity index (χ0) is 12.6. The van der Waals surface area contributed by atoms with E-state index in [1.165, 1.54) is 5.56 Å². The van der Waals surface area contributed by atoms with Crippen molar-refractivity contribution in [3.8, 4) is 0 Å². The molecule has 5 nitrogen and oxygen atoms in total. The van der Waals surface area contributed by atoms with Gasteiger partial charge in [0.25, 0.3) is 0 Å². The molecule has 0 fully saturated rings. The summed E-state index contributed by atoms with van der Waals surface area (Å²) in [5.74, 6) is -0.389. The van der Waals surface area contributed by atoms with Gasteiger partial charge in [-0.05, 0) is 16.0 Å². The van der Waals surface area contributed by atoms with Crippen molar-refractivity contribution in [2.24, 2.45) is 15.4 Å². The van der Waals surface area contributed by atoms with Crippen LogP contribution in [0.2, 0.25) is 0 Å². The molecule has 3 rings (SSSR count). The van der Waals surface area contributed by atoms with Crippen LogP contribution in [-0.4, -0.2) is 35.1 Å². The molecule has 0 radical (unpaired) electrons. The second-order valence-corrected chi connectivity index (χ2v) is 4.71. The van der Waals surface area contributed by atoms with Crippen molar-refractivity contribution >= 4 is 5.71 Å². The zero-order valence-electron chi connectivity index (χ0n) is 10.7. The van der Waals surface area contributed by atoms with Gasteiger partial charge in [-0.25, -0.2) is 15.0 Å². The van der Waals surface area contributed by atoms with Crippen molar-refractivity contribution in [3.05, 3.63) is 35.9 Å². The van der Waals surface area contributed by atoms with Crippen LogP contribution < -0.4 is 0 Å². The van der Waals surface area contributed by atoms with Gasteiger partial charge in [0.1, 0.15) is 0 Å². The molecule has 2 aliphatic rings. The quantitative estimate of drug-likeness (QED) is 0.818. The first-order chi connectivity index (χ1) is 8.76. The average molecular weight is 243 g/mol. The normalized spacial score (nSPS) is 25.6. The van der Waals surface area contributed by atoms with Gasteiger partial charge >= 0.3 is 0 Å². The number of aliphatic imine (C=N–C) groups is 1. The van der Waals surface area contributed by atoms with E-state index in [9.17, 15) is 0 Å². The van der Waals surface area contributed by atoms with Crippen LogP contribution in [0, 0.1) is 0 Å². The molecule has 18 heavy (non-hydrogen) atoms. The predicted octanol–water partition coefficient (Wildman–Crippen LogP) is 2.47. The molecule has 1 atom stereocenters. The molecule has 0 N–H and O–H groups in total. The molecular formula is C13H17N5. The summed E-state index contributed by atoms with van der Waals surface area (Å²) in [5.41, 5.74) is 2.26. The first kappa shape index (κ1) is 11.2. The number of rotatable bonds is 3. The summed E-state index contributed by atoms with van der Waals surface area (Å²) < 4.78 is 0. The van der Waals surface area contributed by atoms with E-state index in [0.29, 0.717) is 0 Å². The van der Waals surface area contributed by atoms with Gasteiger partial charge in [0, 0.05) is 13.5 Å². The van der Waals surface area contributed by atoms with E-state index >= 15 is 0 Å². The van der Waals surface area contributed by atoms with E-state index in [1.807, 2.05) is 35.3 Å². The third kappa shape index (κ3) is 1.50. The Kier molecular flexibility index (Phi) is 2.54. The highest BCUT2D eigenvalue weighted by molar-refractivity contribution is 6.03. The molecule has 2 heterocycles. The molecule has 0 amide bonds. The molecule has 0 aromatic heterocycles. The highest BCUT2D eigenvalue weighted by Crippen LogP contribution is 2.37. The Morgan fingerprint density at radius 1 is 1.22 bits per heavy atom. The highest BCUT2D eigenvalue weighted by Gasteiger charge is 2.48. The molecule has 0 spiro atoms. The van der Waals surface area contributed by atoms with Gasteiger partial charge < -0.3 is 0 Å². The monoisotopic (exact) mass is 243 g/mol. The second kappa shape index (κ2) is 4.08. The zero-order valence-corrected chi connectivity index (χ0v) is 10.7. The minimum atomic E-state index is -0.389. The van der Waals surface area contributed by atoms with E-state index in [-0.39, 0.29) is 5.79 Å². The SMILES string of the molecule is CCCC12N=C(c3ccccc3)CN1N=NN2C. The average Bonchev–Trinajstić information content (AvgIpc) is 2.89. The van der Waals surface area contributed by atoms with Gasteiger partial charge in [0.05, 0.1) is 12.3 Å². The van der Waals surface area contributed by atoms with E-state index in [4.69, 9.17) is 4.99 Å². The largest absolute Gasteiger partial charge is 0.242 e. The Hall–Kier alpha value is -1.91. The second-order valence-electron chi connectivity index (χ2n) is 4.71. The van der Waals surface area contributed by atoms with Crippen molar-refractivity contribution < 1.29 is 0 Å². The molecule has 2 aliphatic heterocycles. The molecule has 0 saturated heterocycles. The molecule has 1 aromatic carbocycles. The Balaban J connectivity index is 1.97. The first-order valence-corrected chi connectivity index (χ1v) is 6.33. The van der Waals surface area contributed by atoms with Crippen molar-refractivity contribution in [2.45, 2.75) is 25.6 Å². The van der Waals surface area contributed by atoms with E-state index < -0.39 is 0 Å². The maximum absolute atomic E-state index is 4.90. The topological polar surface area (TPSA) is 43.6 Å². The lowest BCUT2D eigenvalue weighted by Gasteiger charge is -2.31. The Morgan fingerprint density at radius 3 is 2.72 bits per heavy atom. The summed E-state index contributed by atoms with van der Waals surface area (Å²) in [4.78, 5) is 4.90. The summed E-state index contributed by atoms with van der Waals surface area (Å²) in [6.07, 6.45) is 1.99. The summed E-state index contributed by atoms with van der Waals surface area (Å²) in [7, 11) is 1.94. The minimum Gasteiger partial charge on any atom is -0.236 e. The lowest BCUT2D eigenvalue weighted by atomic mass is 10.1. The Bertz CT molecular complexity index is 495. The van der Waals surface area contributed by atoms with Gasteiger partial charge in [-0.2, -0.15) is 0 Å². The molecule has 94 valence electrons. The van der Waals surface area contributed by atoms with Crippen molar-refractivity contribution in [2.75, 3.05) is 13.6 Å². The number of hydrogen-bond acceptors (Lipinski definition) is 5. The summed E-state index contributed by atoms with van der Waals surface area (Å²) in [5, 5.41) is 12.2. The molecule has 0 bridgehead atoms.